The minimum absolute atomic E-state index is 0.0278. The number of amides is 1. The molecule has 7 rings (SSSR count). The van der Waals surface area contributed by atoms with Gasteiger partial charge in [0.05, 0.1) is 40.0 Å². The second kappa shape index (κ2) is 13.2. The Hall–Kier alpha value is -2.88. The first kappa shape index (κ1) is 32.7. The Balaban J connectivity index is 1.09. The number of sulfonamides is 1. The number of hydrogen-bond acceptors (Lipinski definition) is 10. The summed E-state index contributed by atoms with van der Waals surface area (Å²) in [5, 5.41) is 18.6. The predicted molar refractivity (Wildman–Crippen MR) is 174 cm³/mol. The predicted octanol–water partition coefficient (Wildman–Crippen LogP) is 4.50. The number of aliphatic hydroxyl groups excluding tert-OH is 1. The van der Waals surface area contributed by atoms with Crippen molar-refractivity contribution >= 4 is 42.8 Å². The third kappa shape index (κ3) is 7.27. The first-order valence-corrected chi connectivity index (χ1v) is 18.6. The maximum atomic E-state index is 14.1. The van der Waals surface area contributed by atoms with Crippen LogP contribution in [0.3, 0.4) is 0 Å². The molecule has 11 nitrogen and oxygen atoms in total. The van der Waals surface area contributed by atoms with E-state index < -0.39 is 40.2 Å². The fourth-order valence-corrected chi connectivity index (χ4v) is 9.61. The smallest absolute Gasteiger partial charge is 0.407 e. The van der Waals surface area contributed by atoms with Gasteiger partial charge in [0.2, 0.25) is 10.0 Å². The lowest BCUT2D eigenvalue weighted by atomic mass is 9.79. The topological polar surface area (TPSA) is 139 Å². The highest BCUT2D eigenvalue weighted by atomic mass is 32.2. The largest absolute Gasteiger partial charge is 0.446 e. The SMILES string of the molecule is CC(C)CN(C[C@@H](O)[C@H](Cc1ccc(F)cc1)NC(=O)OC1CC2C[C@H]3[C@H](OC[C@@H]13)O2)S(=O)(=O)c1ccc2nc(NC3CC3)sc2c1. The molecule has 47 heavy (non-hydrogen) atoms. The number of thiazole rings is 1. The van der Waals surface area contributed by atoms with Gasteiger partial charge in [0.25, 0.3) is 0 Å². The highest BCUT2D eigenvalue weighted by Crippen LogP contribution is 2.47. The highest BCUT2D eigenvalue weighted by molar-refractivity contribution is 7.89. The first-order valence-electron chi connectivity index (χ1n) is 16.4. The Morgan fingerprint density at radius 1 is 1.15 bits per heavy atom. The van der Waals surface area contributed by atoms with E-state index >= 15 is 0 Å². The zero-order valence-electron chi connectivity index (χ0n) is 26.4. The molecule has 3 aromatic rings. The van der Waals surface area contributed by atoms with Gasteiger partial charge in [-0.25, -0.2) is 22.6 Å². The van der Waals surface area contributed by atoms with Crippen molar-refractivity contribution < 1.29 is 36.9 Å². The van der Waals surface area contributed by atoms with Gasteiger partial charge < -0.3 is 30.0 Å². The fraction of sp³-hybridized carbons (Fsp3) is 0.576. The second-order valence-corrected chi connectivity index (χ2v) is 16.6. The second-order valence-electron chi connectivity index (χ2n) is 13.6. The van der Waals surface area contributed by atoms with Crippen LogP contribution in [-0.4, -0.2) is 85.3 Å². The molecule has 7 atom stereocenters. The number of hydrogen-bond donors (Lipinski definition) is 3. The Morgan fingerprint density at radius 3 is 2.68 bits per heavy atom. The van der Waals surface area contributed by atoms with Crippen molar-refractivity contribution in [2.24, 2.45) is 17.8 Å². The van der Waals surface area contributed by atoms with E-state index in [-0.39, 0.29) is 54.6 Å². The molecular formula is C33H41FN4O7S2. The van der Waals surface area contributed by atoms with E-state index in [1.165, 1.54) is 27.8 Å². The summed E-state index contributed by atoms with van der Waals surface area (Å²) >= 11 is 1.41. The van der Waals surface area contributed by atoms with Crippen molar-refractivity contribution in [1.82, 2.24) is 14.6 Å². The molecular weight excluding hydrogens is 648 g/mol. The summed E-state index contributed by atoms with van der Waals surface area (Å²) in [6, 6.07) is 10.1. The molecule has 1 aromatic heterocycles. The average molecular weight is 689 g/mol. The van der Waals surface area contributed by atoms with Crippen LogP contribution in [0.4, 0.5) is 14.3 Å². The third-order valence-corrected chi connectivity index (χ3v) is 12.2. The molecule has 3 heterocycles. The minimum Gasteiger partial charge on any atom is -0.446 e. The van der Waals surface area contributed by atoms with E-state index in [0.29, 0.717) is 30.1 Å². The van der Waals surface area contributed by atoms with Gasteiger partial charge in [0.1, 0.15) is 11.9 Å². The number of nitrogens with one attached hydrogen (secondary N) is 2. The third-order valence-electron chi connectivity index (χ3n) is 9.44. The molecule has 0 spiro atoms. The van der Waals surface area contributed by atoms with Gasteiger partial charge in [-0.2, -0.15) is 4.31 Å². The minimum atomic E-state index is -4.05. The van der Waals surface area contributed by atoms with Gasteiger partial charge in [-0.05, 0) is 67.5 Å². The molecule has 2 aliphatic heterocycles. The number of rotatable bonds is 13. The summed E-state index contributed by atoms with van der Waals surface area (Å²) in [5.41, 5.74) is 1.38. The number of anilines is 1. The summed E-state index contributed by atoms with van der Waals surface area (Å²) in [7, 11) is -4.05. The van der Waals surface area contributed by atoms with Crippen LogP contribution >= 0.6 is 11.3 Å². The van der Waals surface area contributed by atoms with E-state index in [0.717, 1.165) is 29.1 Å². The molecule has 4 aliphatic rings. The van der Waals surface area contributed by atoms with Crippen molar-refractivity contribution in [3.8, 4) is 0 Å². The normalized spacial score (nSPS) is 26.6. The van der Waals surface area contributed by atoms with Crippen LogP contribution in [0.25, 0.3) is 10.2 Å². The maximum Gasteiger partial charge on any atom is 0.407 e. The number of aromatic nitrogens is 1. The van der Waals surface area contributed by atoms with E-state index in [9.17, 15) is 22.7 Å². The van der Waals surface area contributed by atoms with Gasteiger partial charge in [-0.1, -0.05) is 37.3 Å². The van der Waals surface area contributed by atoms with Crippen LogP contribution in [0.2, 0.25) is 0 Å². The number of carbonyl (C=O) groups is 1. The monoisotopic (exact) mass is 688 g/mol. The summed E-state index contributed by atoms with van der Waals surface area (Å²) in [5.74, 6) is -0.236. The summed E-state index contributed by atoms with van der Waals surface area (Å²) in [4.78, 5) is 18.0. The molecule has 4 fully saturated rings. The van der Waals surface area contributed by atoms with Crippen LogP contribution in [0, 0.1) is 23.6 Å². The standard InChI is InChI=1S/C33H41FN4O7S2/c1-18(2)15-38(47(41,42)23-9-10-26-30(14-23)46-32(36-26)35-21-7-8-21)16-28(39)27(11-19-3-5-20(34)6-4-19)37-33(40)45-29-13-22-12-24-25(29)17-43-31(24)44-22/h3-6,9-10,14,18,21-22,24-25,27-29,31,39H,7-8,11-13,15-17H2,1-2H3,(H,35,36)(H,37,40)/t22?,24-,25-,27+,28-,29?,31-/m1/s1. The van der Waals surface area contributed by atoms with Gasteiger partial charge >= 0.3 is 6.09 Å². The number of halogens is 1. The van der Waals surface area contributed by atoms with E-state index in [2.05, 4.69) is 15.6 Å². The Labute approximate surface area is 277 Å². The molecule has 254 valence electrons. The Bertz CT molecular complexity index is 1700. The van der Waals surface area contributed by atoms with Crippen molar-refractivity contribution in [2.45, 2.75) is 87.5 Å². The number of fused-ring (bicyclic) bond motifs is 2. The molecule has 2 aliphatic carbocycles. The van der Waals surface area contributed by atoms with Crippen molar-refractivity contribution in [3.05, 3.63) is 53.8 Å². The summed E-state index contributed by atoms with van der Waals surface area (Å²) in [6.07, 6.45) is 1.09. The lowest BCUT2D eigenvalue weighted by Gasteiger charge is -2.33. The van der Waals surface area contributed by atoms with Crippen molar-refractivity contribution in [2.75, 3.05) is 25.0 Å². The summed E-state index contributed by atoms with van der Waals surface area (Å²) in [6.45, 7) is 4.13. The molecule has 2 aromatic carbocycles. The molecule has 1 amide bonds. The number of aliphatic hydroxyl groups is 1. The maximum absolute atomic E-state index is 14.1. The quantitative estimate of drug-likeness (QED) is 0.237. The van der Waals surface area contributed by atoms with Crippen LogP contribution in [0.15, 0.2) is 47.4 Å². The molecule has 2 saturated carbocycles. The fourth-order valence-electron chi connectivity index (χ4n) is 6.91. The molecule has 2 bridgehead atoms. The van der Waals surface area contributed by atoms with Crippen LogP contribution in [0.1, 0.15) is 45.1 Å². The van der Waals surface area contributed by atoms with E-state index in [4.69, 9.17) is 14.2 Å². The van der Waals surface area contributed by atoms with Crippen molar-refractivity contribution in [1.29, 1.82) is 0 Å². The molecule has 14 heteroatoms. The number of ether oxygens (including phenoxy) is 3. The molecule has 2 unspecified atom stereocenters. The van der Waals surface area contributed by atoms with Gasteiger partial charge in [0, 0.05) is 37.4 Å². The molecule has 3 N–H and O–H groups in total. The molecule has 2 saturated heterocycles. The average Bonchev–Trinajstić information content (AvgIpc) is 3.43. The zero-order valence-corrected chi connectivity index (χ0v) is 28.0. The Morgan fingerprint density at radius 2 is 1.94 bits per heavy atom. The van der Waals surface area contributed by atoms with Crippen LogP contribution < -0.4 is 10.6 Å². The van der Waals surface area contributed by atoms with Crippen LogP contribution in [0.5, 0.6) is 0 Å². The molecule has 0 radical (unpaired) electrons. The van der Waals surface area contributed by atoms with Gasteiger partial charge in [-0.3, -0.25) is 0 Å². The van der Waals surface area contributed by atoms with Gasteiger partial charge in [-0.15, -0.1) is 0 Å². The number of benzene rings is 2. The summed E-state index contributed by atoms with van der Waals surface area (Å²) < 4.78 is 61.4. The first-order chi connectivity index (χ1) is 22.5. The lowest BCUT2D eigenvalue weighted by Crippen LogP contribution is -2.52. The number of nitrogens with zero attached hydrogens (tertiary/aromatic N) is 2. The lowest BCUT2D eigenvalue weighted by molar-refractivity contribution is -0.130. The van der Waals surface area contributed by atoms with Crippen molar-refractivity contribution in [3.63, 3.8) is 0 Å². The number of carbonyl (C=O) groups excluding carboxylic acids is 1. The van der Waals surface area contributed by atoms with Gasteiger partial charge in [0.15, 0.2) is 11.4 Å². The van der Waals surface area contributed by atoms with E-state index in [1.807, 2.05) is 13.8 Å². The highest BCUT2D eigenvalue weighted by Gasteiger charge is 2.54. The zero-order chi connectivity index (χ0) is 32.9. The Kier molecular flexibility index (Phi) is 9.17. The number of alkyl carbamates (subject to hydrolysis) is 1. The van der Waals surface area contributed by atoms with Crippen LogP contribution in [-0.2, 0) is 30.7 Å². The van der Waals surface area contributed by atoms with E-state index in [1.54, 1.807) is 30.3 Å².